The summed E-state index contributed by atoms with van der Waals surface area (Å²) in [5.41, 5.74) is 7.28. The van der Waals surface area contributed by atoms with E-state index in [0.29, 0.717) is 29.5 Å². The SMILES string of the molecule is Cc1cc(OCC2CCNCC2)c(C(N)=O)c(C)n1. The number of nitrogens with one attached hydrogen (secondary N) is 1. The number of aryl methyl sites for hydroxylation is 2. The molecule has 0 atom stereocenters. The Bertz CT molecular complexity index is 468. The van der Waals surface area contributed by atoms with Gasteiger partial charge in [0.25, 0.3) is 5.91 Å². The van der Waals surface area contributed by atoms with Gasteiger partial charge in [0.05, 0.1) is 12.3 Å². The fraction of sp³-hybridized carbons (Fsp3) is 0.571. The Kier molecular flexibility index (Phi) is 4.37. The van der Waals surface area contributed by atoms with Crippen LogP contribution in [0.15, 0.2) is 6.07 Å². The van der Waals surface area contributed by atoms with Crippen molar-refractivity contribution in [3.8, 4) is 5.75 Å². The molecule has 1 aliphatic rings. The van der Waals surface area contributed by atoms with Crippen molar-refractivity contribution in [2.45, 2.75) is 26.7 Å². The first kappa shape index (κ1) is 13.8. The minimum absolute atomic E-state index is 0.402. The van der Waals surface area contributed by atoms with E-state index in [-0.39, 0.29) is 0 Å². The molecule has 19 heavy (non-hydrogen) atoms. The third kappa shape index (κ3) is 3.44. The molecule has 5 nitrogen and oxygen atoms in total. The number of nitrogens with two attached hydrogens (primary N) is 1. The average Bonchev–Trinajstić information content (AvgIpc) is 2.36. The second-order valence-corrected chi connectivity index (χ2v) is 5.09. The van der Waals surface area contributed by atoms with Crippen molar-refractivity contribution in [1.29, 1.82) is 0 Å². The van der Waals surface area contributed by atoms with E-state index in [2.05, 4.69) is 10.3 Å². The Morgan fingerprint density at radius 2 is 2.16 bits per heavy atom. The van der Waals surface area contributed by atoms with E-state index in [1.165, 1.54) is 0 Å². The Labute approximate surface area is 113 Å². The molecular weight excluding hydrogens is 242 g/mol. The summed E-state index contributed by atoms with van der Waals surface area (Å²) in [4.78, 5) is 15.8. The average molecular weight is 263 g/mol. The number of piperidine rings is 1. The maximum absolute atomic E-state index is 11.5. The smallest absolute Gasteiger partial charge is 0.254 e. The van der Waals surface area contributed by atoms with Gasteiger partial charge in [-0.3, -0.25) is 9.78 Å². The van der Waals surface area contributed by atoms with E-state index < -0.39 is 5.91 Å². The summed E-state index contributed by atoms with van der Waals surface area (Å²) in [6.45, 7) is 6.36. The molecular formula is C14H21N3O2. The normalized spacial score (nSPS) is 16.3. The second-order valence-electron chi connectivity index (χ2n) is 5.09. The number of pyridine rings is 1. The molecule has 1 aromatic heterocycles. The van der Waals surface area contributed by atoms with E-state index >= 15 is 0 Å². The Balaban J connectivity index is 2.12. The maximum Gasteiger partial charge on any atom is 0.254 e. The van der Waals surface area contributed by atoms with Gasteiger partial charge in [0.15, 0.2) is 0 Å². The lowest BCUT2D eigenvalue weighted by Gasteiger charge is -2.23. The zero-order chi connectivity index (χ0) is 13.8. The predicted octanol–water partition coefficient (Wildman–Crippen LogP) is 1.18. The van der Waals surface area contributed by atoms with Gasteiger partial charge < -0.3 is 15.8 Å². The highest BCUT2D eigenvalue weighted by atomic mass is 16.5. The van der Waals surface area contributed by atoms with Crippen LogP contribution in [0.5, 0.6) is 5.75 Å². The molecule has 1 amide bonds. The van der Waals surface area contributed by atoms with Crippen LogP contribution in [0, 0.1) is 19.8 Å². The monoisotopic (exact) mass is 263 g/mol. The van der Waals surface area contributed by atoms with Crippen LogP contribution in [-0.4, -0.2) is 30.6 Å². The standard InChI is InChI=1S/C14H21N3O2/c1-9-7-12(13(14(15)18)10(2)17-9)19-8-11-3-5-16-6-4-11/h7,11,16H,3-6,8H2,1-2H3,(H2,15,18). The third-order valence-corrected chi connectivity index (χ3v) is 3.47. The maximum atomic E-state index is 11.5. The van der Waals surface area contributed by atoms with E-state index in [0.717, 1.165) is 31.6 Å². The van der Waals surface area contributed by atoms with Crippen molar-refractivity contribution < 1.29 is 9.53 Å². The Morgan fingerprint density at radius 3 is 2.79 bits per heavy atom. The summed E-state index contributed by atoms with van der Waals surface area (Å²) >= 11 is 0. The van der Waals surface area contributed by atoms with Gasteiger partial charge in [-0.15, -0.1) is 0 Å². The predicted molar refractivity (Wildman–Crippen MR) is 73.3 cm³/mol. The van der Waals surface area contributed by atoms with Gasteiger partial charge in [-0.2, -0.15) is 0 Å². The van der Waals surface area contributed by atoms with E-state index in [1.54, 1.807) is 13.0 Å². The largest absolute Gasteiger partial charge is 0.492 e. The molecule has 2 heterocycles. The fourth-order valence-electron chi connectivity index (χ4n) is 2.46. The highest BCUT2D eigenvalue weighted by Crippen LogP contribution is 2.23. The number of ether oxygens (including phenoxy) is 1. The highest BCUT2D eigenvalue weighted by molar-refractivity contribution is 5.96. The minimum Gasteiger partial charge on any atom is -0.492 e. The number of hydrogen-bond donors (Lipinski definition) is 2. The van der Waals surface area contributed by atoms with Gasteiger partial charge in [-0.05, 0) is 45.7 Å². The summed E-state index contributed by atoms with van der Waals surface area (Å²) in [5.74, 6) is 0.622. The summed E-state index contributed by atoms with van der Waals surface area (Å²) in [6, 6.07) is 1.79. The molecule has 0 radical (unpaired) electrons. The second kappa shape index (κ2) is 6.02. The first-order valence-corrected chi connectivity index (χ1v) is 6.69. The Hall–Kier alpha value is -1.62. The van der Waals surface area contributed by atoms with Crippen LogP contribution in [0.3, 0.4) is 0 Å². The van der Waals surface area contributed by atoms with Crippen LogP contribution in [-0.2, 0) is 0 Å². The molecule has 0 aromatic carbocycles. The molecule has 0 saturated carbocycles. The number of carbonyl (C=O) groups excluding carboxylic acids is 1. The van der Waals surface area contributed by atoms with Crippen LogP contribution in [0.2, 0.25) is 0 Å². The number of nitrogens with zero attached hydrogens (tertiary/aromatic N) is 1. The lowest BCUT2D eigenvalue weighted by atomic mass is 9.99. The van der Waals surface area contributed by atoms with Gasteiger partial charge in [0.1, 0.15) is 11.3 Å². The van der Waals surface area contributed by atoms with Crippen LogP contribution >= 0.6 is 0 Å². The number of carbonyl (C=O) groups is 1. The molecule has 0 bridgehead atoms. The molecule has 2 rings (SSSR count). The van der Waals surface area contributed by atoms with Crippen molar-refractivity contribution >= 4 is 5.91 Å². The first-order chi connectivity index (χ1) is 9.08. The summed E-state index contributed by atoms with van der Waals surface area (Å²) < 4.78 is 5.83. The molecule has 1 aromatic rings. The van der Waals surface area contributed by atoms with Gasteiger partial charge in [0.2, 0.25) is 0 Å². The number of hydrogen-bond acceptors (Lipinski definition) is 4. The molecule has 0 spiro atoms. The molecule has 3 N–H and O–H groups in total. The van der Waals surface area contributed by atoms with Crippen molar-refractivity contribution in [3.05, 3.63) is 23.0 Å². The van der Waals surface area contributed by atoms with Crippen LogP contribution in [0.1, 0.15) is 34.6 Å². The Morgan fingerprint density at radius 1 is 1.47 bits per heavy atom. The third-order valence-electron chi connectivity index (χ3n) is 3.47. The lowest BCUT2D eigenvalue weighted by molar-refractivity contribution is 0.0993. The summed E-state index contributed by atoms with van der Waals surface area (Å²) in [7, 11) is 0. The zero-order valence-corrected chi connectivity index (χ0v) is 11.5. The number of aromatic nitrogens is 1. The molecule has 0 aliphatic carbocycles. The van der Waals surface area contributed by atoms with Crippen molar-refractivity contribution in [3.63, 3.8) is 0 Å². The zero-order valence-electron chi connectivity index (χ0n) is 11.5. The summed E-state index contributed by atoms with van der Waals surface area (Å²) in [6.07, 6.45) is 2.21. The number of amides is 1. The first-order valence-electron chi connectivity index (χ1n) is 6.69. The van der Waals surface area contributed by atoms with E-state index in [9.17, 15) is 4.79 Å². The van der Waals surface area contributed by atoms with Crippen molar-refractivity contribution in [1.82, 2.24) is 10.3 Å². The van der Waals surface area contributed by atoms with Crippen molar-refractivity contribution in [2.24, 2.45) is 11.7 Å². The van der Waals surface area contributed by atoms with E-state index in [1.807, 2.05) is 6.92 Å². The molecule has 5 heteroatoms. The van der Waals surface area contributed by atoms with Gasteiger partial charge in [-0.25, -0.2) is 0 Å². The summed E-state index contributed by atoms with van der Waals surface area (Å²) in [5, 5.41) is 3.32. The fourth-order valence-corrected chi connectivity index (χ4v) is 2.46. The molecule has 1 saturated heterocycles. The van der Waals surface area contributed by atoms with Crippen LogP contribution in [0.25, 0.3) is 0 Å². The molecule has 1 fully saturated rings. The number of primary amides is 1. The molecule has 104 valence electrons. The van der Waals surface area contributed by atoms with E-state index in [4.69, 9.17) is 10.5 Å². The van der Waals surface area contributed by atoms with Gasteiger partial charge in [0, 0.05) is 11.8 Å². The highest BCUT2D eigenvalue weighted by Gasteiger charge is 2.18. The topological polar surface area (TPSA) is 77.2 Å². The minimum atomic E-state index is -0.481. The van der Waals surface area contributed by atoms with Crippen molar-refractivity contribution in [2.75, 3.05) is 19.7 Å². The molecule has 0 unspecified atom stereocenters. The van der Waals surface area contributed by atoms with Crippen LogP contribution in [0.4, 0.5) is 0 Å². The molecule has 1 aliphatic heterocycles. The quantitative estimate of drug-likeness (QED) is 0.855. The number of rotatable bonds is 4. The van der Waals surface area contributed by atoms with Gasteiger partial charge >= 0.3 is 0 Å². The van der Waals surface area contributed by atoms with Gasteiger partial charge in [-0.1, -0.05) is 0 Å². The van der Waals surface area contributed by atoms with Crippen LogP contribution < -0.4 is 15.8 Å². The lowest BCUT2D eigenvalue weighted by Crippen LogP contribution is -2.30.